The smallest absolute Gasteiger partial charge is 0.255 e. The van der Waals surface area contributed by atoms with Crippen LogP contribution >= 0.6 is 0 Å². The highest BCUT2D eigenvalue weighted by Gasteiger charge is 2.13. The SMILES string of the molecule is C=CCCOc1cccc(-c2ccnc(Nc3cc(COCC)cc(NC(=O)c4ccc(NC(=O)C=C)cc4C)c3)n2)c1. The molecular formula is C34H35N5O4. The molecule has 0 atom stereocenters. The fraction of sp³-hybridized carbons (Fsp3) is 0.176. The van der Waals surface area contributed by atoms with Gasteiger partial charge in [-0.2, -0.15) is 0 Å². The molecule has 9 nitrogen and oxygen atoms in total. The molecule has 0 aliphatic heterocycles. The summed E-state index contributed by atoms with van der Waals surface area (Å²) in [6.45, 7) is 12.4. The number of nitrogens with zero attached hydrogens (tertiary/aromatic N) is 2. The van der Waals surface area contributed by atoms with Gasteiger partial charge >= 0.3 is 0 Å². The maximum atomic E-state index is 13.2. The van der Waals surface area contributed by atoms with E-state index >= 15 is 0 Å². The third-order valence-electron chi connectivity index (χ3n) is 6.28. The molecule has 1 aromatic heterocycles. The lowest BCUT2D eigenvalue weighted by atomic mass is 10.1. The molecule has 3 N–H and O–H groups in total. The minimum Gasteiger partial charge on any atom is -0.493 e. The number of anilines is 4. The number of aryl methyl sites for hydroxylation is 1. The predicted octanol–water partition coefficient (Wildman–Crippen LogP) is 7.06. The molecule has 0 fully saturated rings. The van der Waals surface area contributed by atoms with Gasteiger partial charge in [0.1, 0.15) is 5.75 Å². The normalized spacial score (nSPS) is 10.5. The Balaban J connectivity index is 1.54. The van der Waals surface area contributed by atoms with E-state index < -0.39 is 0 Å². The van der Waals surface area contributed by atoms with Gasteiger partial charge in [0.25, 0.3) is 5.91 Å². The van der Waals surface area contributed by atoms with Crippen molar-refractivity contribution in [3.05, 3.63) is 115 Å². The summed E-state index contributed by atoms with van der Waals surface area (Å²) in [6.07, 6.45) is 5.46. The molecular weight excluding hydrogens is 542 g/mol. The van der Waals surface area contributed by atoms with Crippen LogP contribution in [0.1, 0.15) is 34.8 Å². The van der Waals surface area contributed by atoms with Gasteiger partial charge < -0.3 is 25.4 Å². The molecule has 0 aliphatic carbocycles. The van der Waals surface area contributed by atoms with E-state index in [-0.39, 0.29) is 11.8 Å². The Bertz CT molecular complexity index is 1620. The lowest BCUT2D eigenvalue weighted by molar-refractivity contribution is -0.111. The number of hydrogen-bond acceptors (Lipinski definition) is 7. The highest BCUT2D eigenvalue weighted by atomic mass is 16.5. The standard InChI is InChI=1S/C34H35N5O4/c1-5-8-16-43-29-11-9-10-25(20-29)31-14-15-35-34(39-31)38-28-19-24(22-42-7-3)18-27(21-28)37-33(41)30-13-12-26(17-23(30)4)36-32(40)6-2/h5-6,9-15,17-21H,1-2,7-8,16,22H2,3-4H3,(H,36,40)(H,37,41)(H,35,38,39). The first-order valence-electron chi connectivity index (χ1n) is 13.9. The molecule has 9 heteroatoms. The van der Waals surface area contributed by atoms with Crippen molar-refractivity contribution >= 4 is 34.8 Å². The largest absolute Gasteiger partial charge is 0.493 e. The van der Waals surface area contributed by atoms with Crippen molar-refractivity contribution < 1.29 is 19.1 Å². The third kappa shape index (κ3) is 8.85. The maximum absolute atomic E-state index is 13.2. The van der Waals surface area contributed by atoms with E-state index in [1.54, 1.807) is 24.4 Å². The molecule has 4 rings (SSSR count). The minimum absolute atomic E-state index is 0.285. The molecule has 0 bridgehead atoms. The van der Waals surface area contributed by atoms with Crippen molar-refractivity contribution in [3.63, 3.8) is 0 Å². The van der Waals surface area contributed by atoms with Crippen LogP contribution in [-0.2, 0) is 16.1 Å². The van der Waals surface area contributed by atoms with Crippen LogP contribution in [0.15, 0.2) is 98.2 Å². The number of carbonyl (C=O) groups is 2. The first kappa shape index (κ1) is 30.7. The second-order valence-corrected chi connectivity index (χ2v) is 9.58. The highest BCUT2D eigenvalue weighted by molar-refractivity contribution is 6.06. The Morgan fingerprint density at radius 3 is 2.56 bits per heavy atom. The Morgan fingerprint density at radius 1 is 0.953 bits per heavy atom. The minimum atomic E-state index is -0.320. The quantitative estimate of drug-likeness (QED) is 0.0835. The molecule has 0 radical (unpaired) electrons. The van der Waals surface area contributed by atoms with Crippen molar-refractivity contribution in [1.82, 2.24) is 9.97 Å². The summed E-state index contributed by atoms with van der Waals surface area (Å²) in [5.41, 5.74) is 5.52. The molecule has 0 unspecified atom stereocenters. The molecule has 220 valence electrons. The monoisotopic (exact) mass is 577 g/mol. The number of amides is 2. The summed E-state index contributed by atoms with van der Waals surface area (Å²) in [6, 6.07) is 20.3. The van der Waals surface area contributed by atoms with Crippen LogP contribution < -0.4 is 20.7 Å². The van der Waals surface area contributed by atoms with Gasteiger partial charge in [0, 0.05) is 41.0 Å². The summed E-state index contributed by atoms with van der Waals surface area (Å²) in [7, 11) is 0. The van der Waals surface area contributed by atoms with Crippen molar-refractivity contribution in [1.29, 1.82) is 0 Å². The van der Waals surface area contributed by atoms with Crippen molar-refractivity contribution in [2.75, 3.05) is 29.2 Å². The summed E-state index contributed by atoms with van der Waals surface area (Å²) < 4.78 is 11.4. The lowest BCUT2D eigenvalue weighted by Crippen LogP contribution is -2.15. The van der Waals surface area contributed by atoms with Crippen LogP contribution in [0.25, 0.3) is 11.3 Å². The molecule has 0 spiro atoms. The summed E-state index contributed by atoms with van der Waals surface area (Å²) in [5, 5.41) is 8.94. The summed E-state index contributed by atoms with van der Waals surface area (Å²) in [5.74, 6) is 0.545. The molecule has 0 saturated carbocycles. The molecule has 0 saturated heterocycles. The average Bonchev–Trinajstić information content (AvgIpc) is 3.00. The van der Waals surface area contributed by atoms with Crippen LogP contribution in [0, 0.1) is 6.92 Å². The first-order chi connectivity index (χ1) is 20.9. The number of benzene rings is 3. The van der Waals surface area contributed by atoms with Gasteiger partial charge in [0.2, 0.25) is 11.9 Å². The van der Waals surface area contributed by atoms with E-state index in [0.29, 0.717) is 54.0 Å². The average molecular weight is 578 g/mol. The van der Waals surface area contributed by atoms with Crippen LogP contribution in [0.3, 0.4) is 0 Å². The third-order valence-corrected chi connectivity index (χ3v) is 6.28. The van der Waals surface area contributed by atoms with E-state index in [2.05, 4.69) is 34.1 Å². The van der Waals surface area contributed by atoms with E-state index in [4.69, 9.17) is 14.5 Å². The second-order valence-electron chi connectivity index (χ2n) is 9.58. The predicted molar refractivity (Wildman–Crippen MR) is 171 cm³/mol. The maximum Gasteiger partial charge on any atom is 0.255 e. The van der Waals surface area contributed by atoms with Crippen molar-refractivity contribution in [2.45, 2.75) is 26.9 Å². The number of nitrogens with one attached hydrogen (secondary N) is 3. The Labute approximate surface area is 251 Å². The molecule has 1 heterocycles. The number of ether oxygens (including phenoxy) is 2. The molecule has 43 heavy (non-hydrogen) atoms. The number of rotatable bonds is 14. The molecule has 2 amide bonds. The Hall–Kier alpha value is -5.28. The first-order valence-corrected chi connectivity index (χ1v) is 13.9. The number of hydrogen-bond donors (Lipinski definition) is 3. The van der Waals surface area contributed by atoms with Crippen LogP contribution in [0.2, 0.25) is 0 Å². The lowest BCUT2D eigenvalue weighted by Gasteiger charge is -2.14. The van der Waals surface area contributed by atoms with Crippen molar-refractivity contribution in [3.8, 4) is 17.0 Å². The van der Waals surface area contributed by atoms with Gasteiger partial charge in [-0.25, -0.2) is 9.97 Å². The zero-order valence-corrected chi connectivity index (χ0v) is 24.4. The number of carbonyl (C=O) groups excluding carboxylic acids is 2. The molecule has 0 aliphatic rings. The van der Waals surface area contributed by atoms with E-state index in [1.807, 2.05) is 68.5 Å². The van der Waals surface area contributed by atoms with Gasteiger partial charge in [-0.1, -0.05) is 24.8 Å². The van der Waals surface area contributed by atoms with E-state index in [0.717, 1.165) is 29.0 Å². The Morgan fingerprint density at radius 2 is 1.79 bits per heavy atom. The van der Waals surface area contributed by atoms with Crippen molar-refractivity contribution in [2.24, 2.45) is 0 Å². The zero-order chi connectivity index (χ0) is 30.6. The van der Waals surface area contributed by atoms with E-state index in [1.165, 1.54) is 6.08 Å². The van der Waals surface area contributed by atoms with Crippen LogP contribution in [-0.4, -0.2) is 35.0 Å². The fourth-order valence-corrected chi connectivity index (χ4v) is 4.24. The number of aromatic nitrogens is 2. The summed E-state index contributed by atoms with van der Waals surface area (Å²) in [4.78, 5) is 34.0. The van der Waals surface area contributed by atoms with Gasteiger partial charge in [-0.15, -0.1) is 6.58 Å². The summed E-state index contributed by atoms with van der Waals surface area (Å²) >= 11 is 0. The van der Waals surface area contributed by atoms with Gasteiger partial charge in [-0.3, -0.25) is 9.59 Å². The Kier molecular flexibility index (Phi) is 10.8. The fourth-order valence-electron chi connectivity index (χ4n) is 4.24. The molecule has 3 aromatic carbocycles. The van der Waals surface area contributed by atoms with Crippen LogP contribution in [0.5, 0.6) is 5.75 Å². The highest BCUT2D eigenvalue weighted by Crippen LogP contribution is 2.26. The zero-order valence-electron chi connectivity index (χ0n) is 24.4. The topological polar surface area (TPSA) is 114 Å². The molecule has 4 aromatic rings. The second kappa shape index (κ2) is 15.1. The van der Waals surface area contributed by atoms with Crippen LogP contribution in [0.4, 0.5) is 23.0 Å². The van der Waals surface area contributed by atoms with Gasteiger partial charge in [-0.05, 0) is 92.1 Å². The van der Waals surface area contributed by atoms with E-state index in [9.17, 15) is 9.59 Å². The van der Waals surface area contributed by atoms with Gasteiger partial charge in [0.15, 0.2) is 0 Å². The van der Waals surface area contributed by atoms with Gasteiger partial charge in [0.05, 0.1) is 18.9 Å².